The maximum Gasteiger partial charge on any atom is 0.0431 e. The minimum atomic E-state index is 0.553. The number of hydrogen-bond acceptors (Lipinski definition) is 2. The summed E-state index contributed by atoms with van der Waals surface area (Å²) in [5, 5.41) is 3.13. The predicted molar refractivity (Wildman–Crippen MR) is 54.4 cm³/mol. The van der Waals surface area contributed by atoms with Crippen molar-refractivity contribution in [3.63, 3.8) is 0 Å². The van der Waals surface area contributed by atoms with Crippen LogP contribution < -0.4 is 11.1 Å². The number of hydrogen-bond donors (Lipinski definition) is 2. The van der Waals surface area contributed by atoms with E-state index in [2.05, 4.69) is 23.5 Å². The molecule has 2 nitrogen and oxygen atoms in total. The largest absolute Gasteiger partial charge is 0.318 e. The van der Waals surface area contributed by atoms with Gasteiger partial charge < -0.3 is 11.1 Å². The molecule has 0 spiro atoms. The van der Waals surface area contributed by atoms with Crippen LogP contribution in [0.25, 0.3) is 0 Å². The molecule has 1 aliphatic carbocycles. The van der Waals surface area contributed by atoms with Gasteiger partial charge in [-0.25, -0.2) is 0 Å². The Kier molecular flexibility index (Phi) is 2.62. The molecule has 0 saturated heterocycles. The molecule has 0 amide bonds. The quantitative estimate of drug-likeness (QED) is 0.679. The van der Waals surface area contributed by atoms with Crippen LogP contribution in [0.3, 0.4) is 0 Å². The van der Waals surface area contributed by atoms with E-state index in [1.165, 1.54) is 36.0 Å². The number of nitrogens with one attached hydrogen (secondary N) is 1. The fourth-order valence-electron chi connectivity index (χ4n) is 1.95. The van der Waals surface area contributed by atoms with Crippen LogP contribution in [0, 0.1) is 0 Å². The summed E-state index contributed by atoms with van der Waals surface area (Å²) in [5.41, 5.74) is 9.81. The monoisotopic (exact) mass is 176 g/mol. The van der Waals surface area contributed by atoms with Crippen LogP contribution in [-0.2, 0) is 19.4 Å². The van der Waals surface area contributed by atoms with Crippen molar-refractivity contribution in [2.45, 2.75) is 25.8 Å². The van der Waals surface area contributed by atoms with E-state index in [9.17, 15) is 0 Å². The molecule has 0 aromatic heterocycles. The smallest absolute Gasteiger partial charge is 0.0431 e. The van der Waals surface area contributed by atoms with Crippen LogP contribution in [0.4, 0.5) is 0 Å². The van der Waals surface area contributed by atoms with Crippen LogP contribution in [0.1, 0.15) is 23.1 Å². The lowest BCUT2D eigenvalue weighted by Crippen LogP contribution is -2.21. The lowest BCUT2D eigenvalue weighted by Gasteiger charge is -2.04. The second-order valence-electron chi connectivity index (χ2n) is 3.59. The first-order valence-corrected chi connectivity index (χ1v) is 4.91. The maximum atomic E-state index is 5.38. The van der Waals surface area contributed by atoms with E-state index in [-0.39, 0.29) is 0 Å². The molecular formula is C11H16N2. The summed E-state index contributed by atoms with van der Waals surface area (Å²) in [6.45, 7) is 1.45. The summed E-state index contributed by atoms with van der Waals surface area (Å²) in [6.07, 6.45) is 3.84. The summed E-state index contributed by atoms with van der Waals surface area (Å²) in [4.78, 5) is 0. The van der Waals surface area contributed by atoms with E-state index in [1.54, 1.807) is 0 Å². The summed E-state index contributed by atoms with van der Waals surface area (Å²) < 4.78 is 0. The molecule has 70 valence electrons. The Bertz CT molecular complexity index is 294. The fraction of sp³-hybridized carbons (Fsp3) is 0.455. The van der Waals surface area contributed by atoms with Crippen LogP contribution in [-0.4, -0.2) is 6.67 Å². The van der Waals surface area contributed by atoms with Crippen molar-refractivity contribution in [2.75, 3.05) is 6.67 Å². The lowest BCUT2D eigenvalue weighted by molar-refractivity contribution is 0.708. The van der Waals surface area contributed by atoms with E-state index < -0.39 is 0 Å². The molecule has 1 aliphatic rings. The summed E-state index contributed by atoms with van der Waals surface area (Å²) in [6, 6.07) is 6.77. The van der Waals surface area contributed by atoms with Crippen LogP contribution in [0.15, 0.2) is 18.2 Å². The molecule has 0 aliphatic heterocycles. The first kappa shape index (κ1) is 8.73. The summed E-state index contributed by atoms with van der Waals surface area (Å²) in [5.74, 6) is 0. The Balaban J connectivity index is 2.12. The van der Waals surface area contributed by atoms with Crippen LogP contribution in [0.2, 0.25) is 0 Å². The van der Waals surface area contributed by atoms with Crippen LogP contribution >= 0.6 is 0 Å². The van der Waals surface area contributed by atoms with Crippen molar-refractivity contribution in [1.82, 2.24) is 5.32 Å². The molecule has 13 heavy (non-hydrogen) atoms. The first-order chi connectivity index (χ1) is 6.40. The third kappa shape index (κ3) is 1.90. The van der Waals surface area contributed by atoms with Crippen LogP contribution in [0.5, 0.6) is 0 Å². The van der Waals surface area contributed by atoms with Gasteiger partial charge in [0.25, 0.3) is 0 Å². The molecule has 0 unspecified atom stereocenters. The molecule has 0 bridgehead atoms. The Morgan fingerprint density at radius 1 is 1.23 bits per heavy atom. The minimum absolute atomic E-state index is 0.553. The highest BCUT2D eigenvalue weighted by atomic mass is 14.9. The van der Waals surface area contributed by atoms with E-state index in [1.807, 2.05) is 0 Å². The van der Waals surface area contributed by atoms with Crippen molar-refractivity contribution in [3.8, 4) is 0 Å². The number of nitrogens with two attached hydrogens (primary N) is 1. The van der Waals surface area contributed by atoms with Gasteiger partial charge in [0, 0.05) is 13.2 Å². The molecule has 2 rings (SSSR count). The first-order valence-electron chi connectivity index (χ1n) is 4.91. The van der Waals surface area contributed by atoms with Gasteiger partial charge >= 0.3 is 0 Å². The number of benzene rings is 1. The van der Waals surface area contributed by atoms with Gasteiger partial charge in [-0.15, -0.1) is 0 Å². The fourth-order valence-corrected chi connectivity index (χ4v) is 1.95. The lowest BCUT2D eigenvalue weighted by atomic mass is 10.1. The number of aryl methyl sites for hydroxylation is 2. The molecular weight excluding hydrogens is 160 g/mol. The normalized spacial score (nSPS) is 14.5. The van der Waals surface area contributed by atoms with E-state index in [0.717, 1.165) is 6.54 Å². The second kappa shape index (κ2) is 3.90. The minimum Gasteiger partial charge on any atom is -0.318 e. The summed E-state index contributed by atoms with van der Waals surface area (Å²) >= 11 is 0. The Labute approximate surface area is 79.1 Å². The standard InChI is InChI=1S/C11H16N2/c12-8-13-7-9-4-5-10-2-1-3-11(10)6-9/h4-6,13H,1-3,7-8,12H2. The molecule has 0 radical (unpaired) electrons. The SMILES string of the molecule is NCNCc1ccc2c(c1)CCC2. The van der Waals surface area contributed by atoms with Gasteiger partial charge in [0.05, 0.1) is 0 Å². The molecule has 3 N–H and O–H groups in total. The summed E-state index contributed by atoms with van der Waals surface area (Å²) in [7, 11) is 0. The maximum absolute atomic E-state index is 5.38. The zero-order valence-corrected chi connectivity index (χ0v) is 7.84. The molecule has 2 heteroatoms. The van der Waals surface area contributed by atoms with Crippen molar-refractivity contribution < 1.29 is 0 Å². The Hall–Kier alpha value is -0.860. The highest BCUT2D eigenvalue weighted by Crippen LogP contribution is 2.22. The van der Waals surface area contributed by atoms with Crippen molar-refractivity contribution in [1.29, 1.82) is 0 Å². The van der Waals surface area contributed by atoms with Gasteiger partial charge in [0.1, 0.15) is 0 Å². The third-order valence-corrected chi connectivity index (χ3v) is 2.64. The molecule has 0 fully saturated rings. The molecule has 0 heterocycles. The van der Waals surface area contributed by atoms with E-state index in [0.29, 0.717) is 6.67 Å². The van der Waals surface area contributed by atoms with Gasteiger partial charge in [-0.2, -0.15) is 0 Å². The van der Waals surface area contributed by atoms with Gasteiger partial charge in [-0.3, -0.25) is 0 Å². The van der Waals surface area contributed by atoms with Crippen molar-refractivity contribution in [2.24, 2.45) is 5.73 Å². The van der Waals surface area contributed by atoms with Crippen molar-refractivity contribution in [3.05, 3.63) is 34.9 Å². The van der Waals surface area contributed by atoms with Gasteiger partial charge in [-0.1, -0.05) is 18.2 Å². The average Bonchev–Trinajstić information content (AvgIpc) is 2.61. The number of rotatable bonds is 3. The second-order valence-corrected chi connectivity index (χ2v) is 3.59. The Morgan fingerprint density at radius 2 is 2.08 bits per heavy atom. The highest BCUT2D eigenvalue weighted by molar-refractivity contribution is 5.35. The molecule has 0 saturated carbocycles. The van der Waals surface area contributed by atoms with Gasteiger partial charge in [0.15, 0.2) is 0 Å². The zero-order valence-electron chi connectivity index (χ0n) is 7.84. The predicted octanol–water partition coefficient (Wildman–Crippen LogP) is 1.18. The topological polar surface area (TPSA) is 38.0 Å². The molecule has 0 atom stereocenters. The Morgan fingerprint density at radius 3 is 2.92 bits per heavy atom. The third-order valence-electron chi connectivity index (χ3n) is 2.64. The zero-order chi connectivity index (χ0) is 9.10. The average molecular weight is 176 g/mol. The van der Waals surface area contributed by atoms with E-state index >= 15 is 0 Å². The van der Waals surface area contributed by atoms with E-state index in [4.69, 9.17) is 5.73 Å². The molecule has 1 aromatic carbocycles. The van der Waals surface area contributed by atoms with Gasteiger partial charge in [0.2, 0.25) is 0 Å². The highest BCUT2D eigenvalue weighted by Gasteiger charge is 2.09. The molecule has 1 aromatic rings. The van der Waals surface area contributed by atoms with Crippen molar-refractivity contribution >= 4 is 0 Å². The van der Waals surface area contributed by atoms with Gasteiger partial charge in [-0.05, 0) is 36.0 Å². The number of fused-ring (bicyclic) bond motifs is 1.